The molecule has 0 bridgehead atoms. The Labute approximate surface area is 83.3 Å². The van der Waals surface area contributed by atoms with E-state index in [0.717, 1.165) is 5.71 Å². The topological polar surface area (TPSA) is 62.1 Å². The first-order valence-corrected chi connectivity index (χ1v) is 4.83. The van der Waals surface area contributed by atoms with Crippen molar-refractivity contribution in [3.63, 3.8) is 0 Å². The molecule has 1 amide bonds. The Morgan fingerprint density at radius 1 is 1.57 bits per heavy atom. The van der Waals surface area contributed by atoms with E-state index in [2.05, 4.69) is 5.16 Å². The van der Waals surface area contributed by atoms with Crippen LogP contribution in [0.4, 0.5) is 0 Å². The predicted molar refractivity (Wildman–Crippen MR) is 51.5 cm³/mol. The van der Waals surface area contributed by atoms with Gasteiger partial charge in [-0.25, -0.2) is 0 Å². The molecule has 0 radical (unpaired) electrons. The van der Waals surface area contributed by atoms with Crippen molar-refractivity contribution in [3.05, 3.63) is 0 Å². The fourth-order valence-electron chi connectivity index (χ4n) is 1.39. The molecule has 14 heavy (non-hydrogen) atoms. The van der Waals surface area contributed by atoms with Crippen LogP contribution in [0.25, 0.3) is 0 Å². The molecular weight excluding hydrogens is 184 g/mol. The molecule has 1 saturated heterocycles. The molecule has 5 nitrogen and oxygen atoms in total. The zero-order valence-corrected chi connectivity index (χ0v) is 8.40. The molecule has 0 unspecified atom stereocenters. The van der Waals surface area contributed by atoms with Crippen molar-refractivity contribution in [2.75, 3.05) is 26.3 Å². The summed E-state index contributed by atoms with van der Waals surface area (Å²) >= 11 is 0. The van der Waals surface area contributed by atoms with Crippen LogP contribution in [-0.4, -0.2) is 48.0 Å². The zero-order valence-electron chi connectivity index (χ0n) is 8.40. The number of likely N-dealkylation sites (tertiary alicyclic amines) is 1. The van der Waals surface area contributed by atoms with Gasteiger partial charge in [-0.15, -0.1) is 0 Å². The second kappa shape index (κ2) is 5.59. The molecule has 0 spiro atoms. The van der Waals surface area contributed by atoms with Gasteiger partial charge in [-0.1, -0.05) is 5.16 Å². The lowest BCUT2D eigenvalue weighted by Crippen LogP contribution is -2.40. The van der Waals surface area contributed by atoms with E-state index in [1.165, 1.54) is 0 Å². The van der Waals surface area contributed by atoms with Crippen LogP contribution in [0, 0.1) is 0 Å². The van der Waals surface area contributed by atoms with E-state index in [0.29, 0.717) is 32.5 Å². The SMILES string of the molecule is CCOCC(=O)N1CCC(=NO)CC1. The van der Waals surface area contributed by atoms with Crippen molar-refractivity contribution in [1.82, 2.24) is 4.90 Å². The Kier molecular flexibility index (Phi) is 4.39. The van der Waals surface area contributed by atoms with Crippen LogP contribution in [0.2, 0.25) is 0 Å². The van der Waals surface area contributed by atoms with E-state index in [1.807, 2.05) is 6.92 Å². The quantitative estimate of drug-likeness (QED) is 0.532. The number of rotatable bonds is 3. The number of hydrogen-bond acceptors (Lipinski definition) is 4. The Balaban J connectivity index is 2.30. The Bertz CT molecular complexity index is 218. The molecular formula is C9H16N2O3. The average Bonchev–Trinajstić information content (AvgIpc) is 2.26. The minimum absolute atomic E-state index is 0.0174. The summed E-state index contributed by atoms with van der Waals surface area (Å²) in [4.78, 5) is 13.2. The van der Waals surface area contributed by atoms with Gasteiger partial charge < -0.3 is 14.8 Å². The van der Waals surface area contributed by atoms with Gasteiger partial charge in [0, 0.05) is 32.5 Å². The predicted octanol–water partition coefficient (Wildman–Crippen LogP) is 0.476. The van der Waals surface area contributed by atoms with Crippen molar-refractivity contribution in [2.24, 2.45) is 5.16 Å². The van der Waals surface area contributed by atoms with E-state index in [4.69, 9.17) is 9.94 Å². The number of oxime groups is 1. The van der Waals surface area contributed by atoms with Crippen molar-refractivity contribution in [3.8, 4) is 0 Å². The number of hydrogen-bond donors (Lipinski definition) is 1. The number of amides is 1. The molecule has 0 aromatic heterocycles. The third-order valence-electron chi connectivity index (χ3n) is 2.26. The number of nitrogens with zero attached hydrogens (tertiary/aromatic N) is 2. The van der Waals surface area contributed by atoms with Crippen molar-refractivity contribution in [2.45, 2.75) is 19.8 Å². The minimum atomic E-state index is 0.0174. The van der Waals surface area contributed by atoms with Gasteiger partial charge >= 0.3 is 0 Å². The summed E-state index contributed by atoms with van der Waals surface area (Å²) in [5.74, 6) is 0.0174. The summed E-state index contributed by atoms with van der Waals surface area (Å²) in [7, 11) is 0. The molecule has 1 fully saturated rings. The monoisotopic (exact) mass is 200 g/mol. The normalized spacial score (nSPS) is 16.9. The lowest BCUT2D eigenvalue weighted by Gasteiger charge is -2.26. The van der Waals surface area contributed by atoms with Crippen molar-refractivity contribution in [1.29, 1.82) is 0 Å². The molecule has 80 valence electrons. The van der Waals surface area contributed by atoms with E-state index in [-0.39, 0.29) is 12.5 Å². The second-order valence-electron chi connectivity index (χ2n) is 3.18. The Hall–Kier alpha value is -1.10. The minimum Gasteiger partial charge on any atom is -0.411 e. The molecule has 5 heteroatoms. The summed E-state index contributed by atoms with van der Waals surface area (Å²) in [6.07, 6.45) is 1.32. The summed E-state index contributed by atoms with van der Waals surface area (Å²) in [5.41, 5.74) is 0.769. The first-order chi connectivity index (χ1) is 6.77. The average molecular weight is 200 g/mol. The van der Waals surface area contributed by atoms with Gasteiger partial charge in [-0.2, -0.15) is 0 Å². The molecule has 0 aromatic rings. The first-order valence-electron chi connectivity index (χ1n) is 4.83. The van der Waals surface area contributed by atoms with Crippen molar-refractivity contribution >= 4 is 11.6 Å². The van der Waals surface area contributed by atoms with Crippen LogP contribution < -0.4 is 0 Å². The Morgan fingerprint density at radius 3 is 2.71 bits per heavy atom. The summed E-state index contributed by atoms with van der Waals surface area (Å²) in [5, 5.41) is 11.7. The van der Waals surface area contributed by atoms with Gasteiger partial charge in [-0.05, 0) is 6.92 Å². The number of ether oxygens (including phenoxy) is 1. The molecule has 1 rings (SSSR count). The number of carbonyl (C=O) groups excluding carboxylic acids is 1. The molecule has 1 heterocycles. The molecule has 1 N–H and O–H groups in total. The van der Waals surface area contributed by atoms with Gasteiger partial charge in [-0.3, -0.25) is 4.79 Å². The summed E-state index contributed by atoms with van der Waals surface area (Å²) in [6, 6.07) is 0. The van der Waals surface area contributed by atoms with Gasteiger partial charge in [0.15, 0.2) is 0 Å². The maximum Gasteiger partial charge on any atom is 0.248 e. The van der Waals surface area contributed by atoms with Crippen LogP contribution in [0.3, 0.4) is 0 Å². The van der Waals surface area contributed by atoms with E-state index in [1.54, 1.807) is 4.90 Å². The highest BCUT2D eigenvalue weighted by atomic mass is 16.5. The standard InChI is InChI=1S/C9H16N2O3/c1-2-14-7-9(12)11-5-3-8(10-13)4-6-11/h13H,2-7H2,1H3. The smallest absolute Gasteiger partial charge is 0.248 e. The fourth-order valence-corrected chi connectivity index (χ4v) is 1.39. The van der Waals surface area contributed by atoms with Gasteiger partial charge in [0.1, 0.15) is 6.61 Å². The second-order valence-corrected chi connectivity index (χ2v) is 3.18. The van der Waals surface area contributed by atoms with Crippen LogP contribution in [0.5, 0.6) is 0 Å². The third kappa shape index (κ3) is 2.99. The molecule has 1 aliphatic heterocycles. The zero-order chi connectivity index (χ0) is 10.4. The Morgan fingerprint density at radius 2 is 2.21 bits per heavy atom. The van der Waals surface area contributed by atoms with E-state index in [9.17, 15) is 4.79 Å². The van der Waals surface area contributed by atoms with Gasteiger partial charge in [0.05, 0.1) is 5.71 Å². The van der Waals surface area contributed by atoms with Crippen molar-refractivity contribution < 1.29 is 14.7 Å². The molecule has 0 aliphatic carbocycles. The van der Waals surface area contributed by atoms with Crippen LogP contribution in [0.15, 0.2) is 5.16 Å². The van der Waals surface area contributed by atoms with E-state index >= 15 is 0 Å². The number of carbonyl (C=O) groups is 1. The summed E-state index contributed by atoms with van der Waals surface area (Å²) < 4.78 is 5.03. The molecule has 0 aromatic carbocycles. The molecule has 0 saturated carbocycles. The van der Waals surface area contributed by atoms with Gasteiger partial charge in [0.2, 0.25) is 5.91 Å². The highest BCUT2D eigenvalue weighted by Gasteiger charge is 2.19. The maximum atomic E-state index is 11.5. The van der Waals surface area contributed by atoms with Crippen LogP contribution in [-0.2, 0) is 9.53 Å². The lowest BCUT2D eigenvalue weighted by molar-refractivity contribution is -0.136. The van der Waals surface area contributed by atoms with E-state index < -0.39 is 0 Å². The number of piperidine rings is 1. The highest BCUT2D eigenvalue weighted by Crippen LogP contribution is 2.07. The van der Waals surface area contributed by atoms with Crippen LogP contribution >= 0.6 is 0 Å². The van der Waals surface area contributed by atoms with Gasteiger partial charge in [0.25, 0.3) is 0 Å². The molecule has 0 atom stereocenters. The third-order valence-corrected chi connectivity index (χ3v) is 2.26. The lowest BCUT2D eigenvalue weighted by atomic mass is 10.1. The summed E-state index contributed by atoms with van der Waals surface area (Å²) in [6.45, 7) is 3.83. The maximum absolute atomic E-state index is 11.5. The fraction of sp³-hybridized carbons (Fsp3) is 0.778. The largest absolute Gasteiger partial charge is 0.411 e. The van der Waals surface area contributed by atoms with Crippen LogP contribution in [0.1, 0.15) is 19.8 Å². The molecule has 1 aliphatic rings. The first kappa shape index (κ1) is 11.0. The highest BCUT2D eigenvalue weighted by molar-refractivity contribution is 5.87.